The maximum Gasteiger partial charge on any atom is 0.0552 e. The topological polar surface area (TPSA) is 72.5 Å². The van der Waals surface area contributed by atoms with Crippen LogP contribution in [0.25, 0.3) is 0 Å². The average Bonchev–Trinajstić information content (AvgIpc) is 2.55. The van der Waals surface area contributed by atoms with Crippen LogP contribution in [0, 0.1) is 0 Å². The molecule has 2 aliphatic rings. The van der Waals surface area contributed by atoms with Gasteiger partial charge < -0.3 is 15.8 Å². The largest absolute Gasteiger partial charge is 0.381 e. The van der Waals surface area contributed by atoms with Gasteiger partial charge >= 0.3 is 0 Å². The molecule has 2 aliphatic heterocycles. The van der Waals surface area contributed by atoms with E-state index in [1.807, 2.05) is 12.4 Å². The summed E-state index contributed by atoms with van der Waals surface area (Å²) in [5.41, 5.74) is 10.4. The SMILES string of the molecule is CCC1Cc2ncc(CN)c(NC3CCOCC3)c2C=N1. The van der Waals surface area contributed by atoms with Gasteiger partial charge in [-0.2, -0.15) is 0 Å². The molecule has 0 aliphatic carbocycles. The number of nitrogens with two attached hydrogens (primary N) is 1. The molecule has 1 fully saturated rings. The van der Waals surface area contributed by atoms with Gasteiger partial charge in [0.2, 0.25) is 0 Å². The van der Waals surface area contributed by atoms with E-state index in [0.717, 1.165) is 61.4 Å². The van der Waals surface area contributed by atoms with Crippen LogP contribution in [0.2, 0.25) is 0 Å². The van der Waals surface area contributed by atoms with Gasteiger partial charge in [-0.25, -0.2) is 0 Å². The minimum absolute atomic E-state index is 0.365. The van der Waals surface area contributed by atoms with Crippen LogP contribution in [0.1, 0.15) is 43.0 Å². The van der Waals surface area contributed by atoms with Gasteiger partial charge in [-0.05, 0) is 19.3 Å². The molecule has 0 aromatic carbocycles. The summed E-state index contributed by atoms with van der Waals surface area (Å²) >= 11 is 0. The number of fused-ring (bicyclic) bond motifs is 1. The van der Waals surface area contributed by atoms with Crippen LogP contribution < -0.4 is 11.1 Å². The monoisotopic (exact) mass is 288 g/mol. The van der Waals surface area contributed by atoms with Crippen LogP contribution in [0.15, 0.2) is 11.2 Å². The van der Waals surface area contributed by atoms with Gasteiger partial charge in [-0.15, -0.1) is 0 Å². The van der Waals surface area contributed by atoms with Crippen molar-refractivity contribution in [2.45, 2.75) is 51.2 Å². The number of ether oxygens (including phenoxy) is 1. The molecule has 21 heavy (non-hydrogen) atoms. The molecule has 114 valence electrons. The highest BCUT2D eigenvalue weighted by Gasteiger charge is 2.22. The number of anilines is 1. The lowest BCUT2D eigenvalue weighted by Gasteiger charge is -2.28. The summed E-state index contributed by atoms with van der Waals surface area (Å²) in [6.07, 6.45) is 7.97. The Labute approximate surface area is 126 Å². The van der Waals surface area contributed by atoms with E-state index in [0.29, 0.717) is 18.6 Å². The van der Waals surface area contributed by atoms with Gasteiger partial charge in [0.15, 0.2) is 0 Å². The molecule has 0 spiro atoms. The van der Waals surface area contributed by atoms with Crippen LogP contribution >= 0.6 is 0 Å². The third-order valence-electron chi connectivity index (χ3n) is 4.38. The van der Waals surface area contributed by atoms with E-state index in [1.54, 1.807) is 0 Å². The van der Waals surface area contributed by atoms with E-state index in [1.165, 1.54) is 0 Å². The molecular formula is C16H24N4O. The molecule has 1 aromatic rings. The number of aliphatic imine (C=N–C) groups is 1. The van der Waals surface area contributed by atoms with Crippen molar-refractivity contribution in [1.82, 2.24) is 4.98 Å². The summed E-state index contributed by atoms with van der Waals surface area (Å²) in [6.45, 7) is 4.32. The van der Waals surface area contributed by atoms with Crippen molar-refractivity contribution in [3.05, 3.63) is 23.0 Å². The molecule has 1 aromatic heterocycles. The lowest BCUT2D eigenvalue weighted by Crippen LogP contribution is -2.30. The number of hydrogen-bond acceptors (Lipinski definition) is 5. The summed E-state index contributed by atoms with van der Waals surface area (Å²) in [5, 5.41) is 3.67. The van der Waals surface area contributed by atoms with Crippen molar-refractivity contribution < 1.29 is 4.74 Å². The first-order valence-electron chi connectivity index (χ1n) is 7.90. The van der Waals surface area contributed by atoms with Crippen molar-refractivity contribution >= 4 is 11.9 Å². The number of rotatable bonds is 4. The molecule has 5 heteroatoms. The predicted molar refractivity (Wildman–Crippen MR) is 85.0 cm³/mol. The van der Waals surface area contributed by atoms with E-state index >= 15 is 0 Å². The molecule has 1 unspecified atom stereocenters. The number of nitrogens with one attached hydrogen (secondary N) is 1. The fraction of sp³-hybridized carbons (Fsp3) is 0.625. The molecule has 3 rings (SSSR count). The molecule has 0 radical (unpaired) electrons. The van der Waals surface area contributed by atoms with Gasteiger partial charge in [0.05, 0.1) is 17.4 Å². The highest BCUT2D eigenvalue weighted by atomic mass is 16.5. The van der Waals surface area contributed by atoms with Crippen molar-refractivity contribution in [2.24, 2.45) is 10.7 Å². The fourth-order valence-corrected chi connectivity index (χ4v) is 2.99. The number of nitrogens with zero attached hydrogens (tertiary/aromatic N) is 2. The Morgan fingerprint density at radius 3 is 2.90 bits per heavy atom. The van der Waals surface area contributed by atoms with Gasteiger partial charge in [-0.1, -0.05) is 6.92 Å². The number of aromatic nitrogens is 1. The lowest BCUT2D eigenvalue weighted by atomic mass is 9.97. The maximum absolute atomic E-state index is 5.89. The van der Waals surface area contributed by atoms with Crippen LogP contribution in [0.5, 0.6) is 0 Å². The van der Waals surface area contributed by atoms with E-state index in [9.17, 15) is 0 Å². The quantitative estimate of drug-likeness (QED) is 0.887. The van der Waals surface area contributed by atoms with E-state index in [-0.39, 0.29) is 0 Å². The van der Waals surface area contributed by atoms with Gasteiger partial charge in [0, 0.05) is 55.8 Å². The predicted octanol–water partition coefficient (Wildman–Crippen LogP) is 1.88. The maximum atomic E-state index is 5.89. The van der Waals surface area contributed by atoms with E-state index in [4.69, 9.17) is 10.5 Å². The molecule has 3 N–H and O–H groups in total. The van der Waals surface area contributed by atoms with E-state index < -0.39 is 0 Å². The third-order valence-corrected chi connectivity index (χ3v) is 4.38. The Kier molecular flexibility index (Phi) is 4.51. The summed E-state index contributed by atoms with van der Waals surface area (Å²) in [4.78, 5) is 9.25. The highest BCUT2D eigenvalue weighted by molar-refractivity contribution is 5.91. The molecule has 0 amide bonds. The molecule has 0 saturated carbocycles. The van der Waals surface area contributed by atoms with Gasteiger partial charge in [-0.3, -0.25) is 9.98 Å². The first kappa shape index (κ1) is 14.5. The van der Waals surface area contributed by atoms with Crippen molar-refractivity contribution in [3.8, 4) is 0 Å². The van der Waals surface area contributed by atoms with Crippen LogP contribution in [-0.4, -0.2) is 36.5 Å². The summed E-state index contributed by atoms with van der Waals surface area (Å²) in [7, 11) is 0. The summed E-state index contributed by atoms with van der Waals surface area (Å²) in [6, 6.07) is 0.817. The molecule has 1 atom stereocenters. The molecule has 1 saturated heterocycles. The zero-order chi connectivity index (χ0) is 14.7. The molecule has 5 nitrogen and oxygen atoms in total. The van der Waals surface area contributed by atoms with Gasteiger partial charge in [0.25, 0.3) is 0 Å². The van der Waals surface area contributed by atoms with E-state index in [2.05, 4.69) is 22.2 Å². The second-order valence-electron chi connectivity index (χ2n) is 5.80. The first-order chi connectivity index (χ1) is 10.3. The first-order valence-corrected chi connectivity index (χ1v) is 7.90. The molecule has 0 bridgehead atoms. The van der Waals surface area contributed by atoms with Crippen LogP contribution in [-0.2, 0) is 17.7 Å². The molecular weight excluding hydrogens is 264 g/mol. The summed E-state index contributed by atoms with van der Waals surface area (Å²) in [5.74, 6) is 0. The normalized spacial score (nSPS) is 22.1. The van der Waals surface area contributed by atoms with Crippen molar-refractivity contribution in [3.63, 3.8) is 0 Å². The molecule has 3 heterocycles. The van der Waals surface area contributed by atoms with Crippen molar-refractivity contribution in [2.75, 3.05) is 18.5 Å². The second kappa shape index (κ2) is 6.54. The number of hydrogen-bond donors (Lipinski definition) is 2. The van der Waals surface area contributed by atoms with Crippen LogP contribution in [0.3, 0.4) is 0 Å². The fourth-order valence-electron chi connectivity index (χ4n) is 2.99. The van der Waals surface area contributed by atoms with Crippen molar-refractivity contribution in [1.29, 1.82) is 0 Å². The Balaban J connectivity index is 1.90. The second-order valence-corrected chi connectivity index (χ2v) is 5.80. The lowest BCUT2D eigenvalue weighted by molar-refractivity contribution is 0.0904. The zero-order valence-corrected chi connectivity index (χ0v) is 12.6. The van der Waals surface area contributed by atoms with Crippen LogP contribution in [0.4, 0.5) is 5.69 Å². The Morgan fingerprint density at radius 1 is 1.38 bits per heavy atom. The minimum Gasteiger partial charge on any atom is -0.381 e. The smallest absolute Gasteiger partial charge is 0.0552 e. The highest BCUT2D eigenvalue weighted by Crippen LogP contribution is 2.28. The standard InChI is InChI=1S/C16H24N4O/c1-2-12-7-15-14(10-18-12)16(11(8-17)9-19-15)20-13-3-5-21-6-4-13/h9-10,12-13H,2-8,17H2,1H3,(H,19,20). The third kappa shape index (κ3) is 3.09. The zero-order valence-electron chi connectivity index (χ0n) is 12.6. The van der Waals surface area contributed by atoms with Gasteiger partial charge in [0.1, 0.15) is 0 Å². The Bertz CT molecular complexity index is 523. The average molecular weight is 288 g/mol. The summed E-state index contributed by atoms with van der Waals surface area (Å²) < 4.78 is 5.43. The number of pyridine rings is 1. The Hall–Kier alpha value is -1.46. The Morgan fingerprint density at radius 2 is 2.19 bits per heavy atom. The minimum atomic E-state index is 0.365.